The van der Waals surface area contributed by atoms with Gasteiger partial charge in [-0.3, -0.25) is 4.57 Å². The molecule has 0 unspecified atom stereocenters. The summed E-state index contributed by atoms with van der Waals surface area (Å²) in [6, 6.07) is 0. The van der Waals surface area contributed by atoms with Gasteiger partial charge in [0.05, 0.1) is 0 Å². The number of primary sulfonamides is 1. The minimum Gasteiger partial charge on any atom is -0.277 e. The summed E-state index contributed by atoms with van der Waals surface area (Å²) >= 11 is 0. The van der Waals surface area contributed by atoms with Crippen LogP contribution in [0.4, 0.5) is 8.78 Å². The van der Waals surface area contributed by atoms with Crippen molar-refractivity contribution in [2.45, 2.75) is 12.3 Å². The molecule has 1 aromatic rings. The molecule has 0 spiro atoms. The third-order valence-electron chi connectivity index (χ3n) is 1.29. The molecule has 0 amide bonds. The van der Waals surface area contributed by atoms with E-state index in [0.29, 0.717) is 4.57 Å². The van der Waals surface area contributed by atoms with Crippen LogP contribution in [0.2, 0.25) is 0 Å². The molecule has 13 heavy (non-hydrogen) atoms. The average Bonchev–Trinajstić information content (AvgIpc) is 2.31. The van der Waals surface area contributed by atoms with E-state index in [1.54, 1.807) is 0 Å². The second kappa shape index (κ2) is 3.38. The first-order valence-corrected chi connectivity index (χ1v) is 4.92. The van der Waals surface area contributed by atoms with Crippen molar-refractivity contribution in [2.75, 3.05) is 0 Å². The number of sulfonamides is 1. The van der Waals surface area contributed by atoms with E-state index in [-0.39, 0.29) is 5.82 Å². The van der Waals surface area contributed by atoms with Crippen LogP contribution < -0.4 is 5.14 Å². The number of hydrogen-bond acceptors (Lipinski definition) is 3. The number of aromatic nitrogens is 2. The molecule has 0 bridgehead atoms. The van der Waals surface area contributed by atoms with Gasteiger partial charge in [0.25, 0.3) is 0 Å². The minimum atomic E-state index is -3.82. The first kappa shape index (κ1) is 10.1. The average molecular weight is 211 g/mol. The standard InChI is InChI=1S/C5H7F2N3O2S/c6-5(7)10-2-1-9-4(10)3-13(8,11)12/h1-2,5H,3H2,(H2,8,11,12). The SMILES string of the molecule is NS(=O)(=O)Cc1nccn1C(F)F. The van der Waals surface area contributed by atoms with Gasteiger partial charge < -0.3 is 0 Å². The van der Waals surface area contributed by atoms with Gasteiger partial charge in [0.15, 0.2) is 0 Å². The molecule has 1 aromatic heterocycles. The normalized spacial score (nSPS) is 12.3. The maximum Gasteiger partial charge on any atom is 0.319 e. The van der Waals surface area contributed by atoms with Gasteiger partial charge in [-0.1, -0.05) is 0 Å². The number of nitrogens with zero attached hydrogens (tertiary/aromatic N) is 2. The van der Waals surface area contributed by atoms with Crippen LogP contribution in [0, 0.1) is 0 Å². The fraction of sp³-hybridized carbons (Fsp3) is 0.400. The van der Waals surface area contributed by atoms with Gasteiger partial charge in [0.2, 0.25) is 10.0 Å². The van der Waals surface area contributed by atoms with Crippen molar-refractivity contribution in [1.29, 1.82) is 0 Å². The molecule has 5 nitrogen and oxygen atoms in total. The van der Waals surface area contributed by atoms with Gasteiger partial charge in [0, 0.05) is 12.4 Å². The molecule has 2 N–H and O–H groups in total. The Hall–Kier alpha value is -1.02. The number of halogens is 2. The van der Waals surface area contributed by atoms with E-state index in [4.69, 9.17) is 0 Å². The molecule has 8 heteroatoms. The third kappa shape index (κ3) is 2.74. The highest BCUT2D eigenvalue weighted by atomic mass is 32.2. The number of nitrogens with two attached hydrogens (primary N) is 1. The van der Waals surface area contributed by atoms with Crippen molar-refractivity contribution in [3.8, 4) is 0 Å². The second-order valence-electron chi connectivity index (χ2n) is 2.34. The highest BCUT2D eigenvalue weighted by molar-refractivity contribution is 7.88. The zero-order valence-corrected chi connectivity index (χ0v) is 7.21. The molecule has 0 aromatic carbocycles. The largest absolute Gasteiger partial charge is 0.319 e. The Balaban J connectivity index is 2.96. The summed E-state index contributed by atoms with van der Waals surface area (Å²) in [5.74, 6) is -0.956. The van der Waals surface area contributed by atoms with Crippen LogP contribution in [0.15, 0.2) is 12.4 Å². The van der Waals surface area contributed by atoms with Crippen LogP contribution in [0.3, 0.4) is 0 Å². The van der Waals surface area contributed by atoms with E-state index < -0.39 is 22.3 Å². The highest BCUT2D eigenvalue weighted by Crippen LogP contribution is 2.13. The molecule has 0 atom stereocenters. The van der Waals surface area contributed by atoms with Crippen LogP contribution in [0.25, 0.3) is 0 Å². The summed E-state index contributed by atoms with van der Waals surface area (Å²) in [5.41, 5.74) is 0. The lowest BCUT2D eigenvalue weighted by Gasteiger charge is -2.04. The van der Waals surface area contributed by atoms with Crippen LogP contribution in [0.5, 0.6) is 0 Å². The Morgan fingerprint density at radius 1 is 1.62 bits per heavy atom. The minimum absolute atomic E-state index is 0.266. The Bertz CT molecular complexity index is 386. The molecular formula is C5H7F2N3O2S. The smallest absolute Gasteiger partial charge is 0.277 e. The molecule has 0 fully saturated rings. The predicted molar refractivity (Wildman–Crippen MR) is 40.3 cm³/mol. The van der Waals surface area contributed by atoms with Crippen molar-refractivity contribution in [2.24, 2.45) is 5.14 Å². The van der Waals surface area contributed by atoms with E-state index in [2.05, 4.69) is 10.1 Å². The Labute approximate surface area is 73.2 Å². The van der Waals surface area contributed by atoms with Gasteiger partial charge in [-0.05, 0) is 0 Å². The van der Waals surface area contributed by atoms with E-state index in [1.165, 1.54) is 0 Å². The molecule has 0 saturated heterocycles. The molecule has 0 aliphatic rings. The first-order valence-electron chi connectivity index (χ1n) is 3.20. The number of alkyl halides is 2. The van der Waals surface area contributed by atoms with Crippen molar-refractivity contribution < 1.29 is 17.2 Å². The van der Waals surface area contributed by atoms with E-state index in [1.807, 2.05) is 0 Å². The van der Waals surface area contributed by atoms with E-state index in [9.17, 15) is 17.2 Å². The van der Waals surface area contributed by atoms with E-state index in [0.717, 1.165) is 12.4 Å². The van der Waals surface area contributed by atoms with E-state index >= 15 is 0 Å². The summed E-state index contributed by atoms with van der Waals surface area (Å²) in [5, 5.41) is 4.67. The van der Waals surface area contributed by atoms with Crippen LogP contribution in [-0.4, -0.2) is 18.0 Å². The van der Waals surface area contributed by atoms with Crippen molar-refractivity contribution in [3.63, 3.8) is 0 Å². The Morgan fingerprint density at radius 2 is 2.23 bits per heavy atom. The molecule has 74 valence electrons. The molecular weight excluding hydrogens is 204 g/mol. The first-order chi connectivity index (χ1) is 5.90. The summed E-state index contributed by atoms with van der Waals surface area (Å²) in [4.78, 5) is 3.45. The Kier molecular flexibility index (Phi) is 2.62. The van der Waals surface area contributed by atoms with Gasteiger partial charge in [-0.15, -0.1) is 0 Å². The summed E-state index contributed by atoms with van der Waals surface area (Å²) in [6.07, 6.45) is 2.08. The van der Waals surface area contributed by atoms with Gasteiger partial charge in [-0.25, -0.2) is 18.5 Å². The molecule has 0 saturated carbocycles. The summed E-state index contributed by atoms with van der Waals surface area (Å²) in [6.45, 7) is -2.81. The molecule has 1 rings (SSSR count). The van der Waals surface area contributed by atoms with Crippen molar-refractivity contribution in [1.82, 2.24) is 9.55 Å². The lowest BCUT2D eigenvalue weighted by Crippen LogP contribution is -2.18. The van der Waals surface area contributed by atoms with Gasteiger partial charge >= 0.3 is 6.55 Å². The van der Waals surface area contributed by atoms with Crippen molar-refractivity contribution in [3.05, 3.63) is 18.2 Å². The van der Waals surface area contributed by atoms with Crippen LogP contribution in [0.1, 0.15) is 12.4 Å². The summed E-state index contributed by atoms with van der Waals surface area (Å²) < 4.78 is 45.8. The zero-order valence-electron chi connectivity index (χ0n) is 6.39. The highest BCUT2D eigenvalue weighted by Gasteiger charge is 2.15. The maximum atomic E-state index is 12.1. The van der Waals surface area contributed by atoms with Crippen LogP contribution >= 0.6 is 0 Å². The third-order valence-corrected chi connectivity index (χ3v) is 1.95. The fourth-order valence-corrected chi connectivity index (χ4v) is 1.40. The number of hydrogen-bond donors (Lipinski definition) is 1. The molecule has 0 aliphatic carbocycles. The monoisotopic (exact) mass is 211 g/mol. The molecule has 0 radical (unpaired) electrons. The Morgan fingerprint density at radius 3 is 2.69 bits per heavy atom. The van der Waals surface area contributed by atoms with Crippen LogP contribution in [-0.2, 0) is 15.8 Å². The zero-order chi connectivity index (χ0) is 10.1. The van der Waals surface area contributed by atoms with Gasteiger partial charge in [-0.2, -0.15) is 8.78 Å². The lowest BCUT2D eigenvalue weighted by molar-refractivity contribution is 0.0677. The predicted octanol–water partition coefficient (Wildman–Crippen LogP) is 0.0667. The lowest BCUT2D eigenvalue weighted by atomic mass is 10.7. The van der Waals surface area contributed by atoms with Gasteiger partial charge in [0.1, 0.15) is 11.6 Å². The number of rotatable bonds is 3. The topological polar surface area (TPSA) is 78.0 Å². The fourth-order valence-electron chi connectivity index (χ4n) is 0.813. The quantitative estimate of drug-likeness (QED) is 0.768. The second-order valence-corrected chi connectivity index (χ2v) is 3.95. The molecule has 0 aliphatic heterocycles. The molecule has 1 heterocycles. The van der Waals surface area contributed by atoms with Crippen molar-refractivity contribution >= 4 is 10.0 Å². The summed E-state index contributed by atoms with van der Waals surface area (Å²) in [7, 11) is -3.82. The number of imidazole rings is 1. The maximum absolute atomic E-state index is 12.1.